The van der Waals surface area contributed by atoms with Crippen LogP contribution >= 0.6 is 11.3 Å². The van der Waals surface area contributed by atoms with Crippen molar-refractivity contribution in [2.75, 3.05) is 22.5 Å². The molecule has 5 heterocycles. The van der Waals surface area contributed by atoms with Crippen LogP contribution < -0.4 is 30.9 Å². The minimum atomic E-state index is -1.61. The Morgan fingerprint density at radius 3 is 2.61 bits per heavy atom. The number of nitrogen functional groups attached to an aromatic ring is 1. The molecular weight excluding hydrogens is 663 g/mol. The molecule has 4 amide bonds. The van der Waals surface area contributed by atoms with Gasteiger partial charge in [0.05, 0.1) is 23.4 Å². The van der Waals surface area contributed by atoms with Gasteiger partial charge in [0.25, 0.3) is 23.6 Å². The number of phenols is 1. The average Bonchev–Trinajstić information content (AvgIpc) is 3.66. The number of carbonyl (C=O) groups excluding carboxylic acids is 5. The molecule has 0 bridgehead atoms. The second-order valence-electron chi connectivity index (χ2n) is 11.3. The van der Waals surface area contributed by atoms with E-state index >= 15 is 0 Å². The first-order chi connectivity index (χ1) is 23.4. The number of pyridine rings is 1. The predicted molar refractivity (Wildman–Crippen MR) is 167 cm³/mol. The molecule has 2 atom stereocenters. The summed E-state index contributed by atoms with van der Waals surface area (Å²) in [5, 5.41) is 40.4. The number of hydrogen-bond donors (Lipinski definition) is 5. The number of nitrogens with one attached hydrogen (secondary N) is 2. The number of allylic oxidation sites excluding steroid dienone is 2. The number of hydrogen-bond acceptors (Lipinski definition) is 12. The van der Waals surface area contributed by atoms with Gasteiger partial charge in [0, 0.05) is 41.4 Å². The first-order valence-electron chi connectivity index (χ1n) is 14.8. The summed E-state index contributed by atoms with van der Waals surface area (Å²) < 4.78 is 15.1. The Balaban J connectivity index is 1.11. The lowest BCUT2D eigenvalue weighted by atomic mass is 9.82. The van der Waals surface area contributed by atoms with Crippen LogP contribution in [0.4, 0.5) is 20.9 Å². The molecule has 0 aliphatic carbocycles. The van der Waals surface area contributed by atoms with Crippen molar-refractivity contribution in [3.05, 3.63) is 82.5 Å². The molecule has 252 valence electrons. The van der Waals surface area contributed by atoms with Crippen LogP contribution in [0, 0.1) is 5.82 Å². The van der Waals surface area contributed by atoms with Gasteiger partial charge in [-0.1, -0.05) is 5.16 Å². The summed E-state index contributed by atoms with van der Waals surface area (Å²) in [4.78, 5) is 70.3. The maximum atomic E-state index is 13.6. The standard InChI is InChI=1S/C31H27FN8O8S/c32-19-12-17(2-4-22(19)41)34-23(42)13-38-8-6-18(7-9-38)39-10-5-16(28(39)44)11-15-1-3-21-25(29(45)40(21)26(15)30(46)47)36-27(43)24(37-48)20-14-49-31(33)35-20/h2,4,6-9,11-12,14,21,25H,1,3,5,10,13H2,(H6-,33,34,35,36,37,41,42,43,46,47,48)/t21-,25+/m1/s1. The van der Waals surface area contributed by atoms with Crippen molar-refractivity contribution in [3.8, 4) is 5.75 Å². The van der Waals surface area contributed by atoms with Crippen molar-refractivity contribution in [1.82, 2.24) is 15.2 Å². The maximum Gasteiger partial charge on any atom is 0.290 e. The third-order valence-corrected chi connectivity index (χ3v) is 8.92. The molecule has 0 saturated carbocycles. The van der Waals surface area contributed by atoms with Gasteiger partial charge in [-0.05, 0) is 43.0 Å². The molecule has 16 nitrogen and oxygen atoms in total. The molecule has 0 unspecified atom stereocenters. The Labute approximate surface area is 280 Å². The minimum Gasteiger partial charge on any atom is -0.543 e. The van der Waals surface area contributed by atoms with Gasteiger partial charge in [0.1, 0.15) is 11.7 Å². The molecule has 6 rings (SSSR count). The van der Waals surface area contributed by atoms with Crippen LogP contribution in [0.15, 0.2) is 76.2 Å². The van der Waals surface area contributed by atoms with E-state index in [0.29, 0.717) is 24.2 Å². The fourth-order valence-corrected chi connectivity index (χ4v) is 6.48. The van der Waals surface area contributed by atoms with Crippen LogP contribution in [-0.4, -0.2) is 74.1 Å². The number of rotatable bonds is 9. The van der Waals surface area contributed by atoms with Crippen molar-refractivity contribution in [1.29, 1.82) is 0 Å². The van der Waals surface area contributed by atoms with Crippen LogP contribution in [-0.2, 0) is 30.5 Å². The number of nitrogens with zero attached hydrogens (tertiary/aromatic N) is 5. The number of oxime groups is 1. The van der Waals surface area contributed by atoms with Crippen molar-refractivity contribution in [2.45, 2.75) is 37.9 Å². The summed E-state index contributed by atoms with van der Waals surface area (Å²) in [7, 11) is 0. The number of phenolic OH excluding ortho intramolecular Hbond substituents is 1. The maximum absolute atomic E-state index is 13.6. The zero-order valence-corrected chi connectivity index (χ0v) is 26.1. The lowest BCUT2D eigenvalue weighted by molar-refractivity contribution is -0.684. The van der Waals surface area contributed by atoms with Crippen molar-refractivity contribution < 1.29 is 48.4 Å². The molecule has 18 heteroatoms. The highest BCUT2D eigenvalue weighted by molar-refractivity contribution is 7.13. The number of carboxylic acid groups (broad SMARTS) is 1. The lowest BCUT2D eigenvalue weighted by Gasteiger charge is -2.51. The molecule has 3 aromatic rings. The molecular formula is C31H27FN8O8S. The molecule has 0 spiro atoms. The van der Waals surface area contributed by atoms with E-state index in [1.165, 1.54) is 22.4 Å². The quantitative estimate of drug-likeness (QED) is 0.0368. The number of thiazole rings is 1. The first-order valence-corrected chi connectivity index (χ1v) is 15.6. The Kier molecular flexibility index (Phi) is 8.79. The number of fused-ring (bicyclic) bond motifs is 1. The number of benzene rings is 1. The monoisotopic (exact) mass is 690 g/mol. The summed E-state index contributed by atoms with van der Waals surface area (Å²) in [6.07, 6.45) is 5.38. The predicted octanol–water partition coefficient (Wildman–Crippen LogP) is -0.469. The minimum absolute atomic E-state index is 0.0113. The summed E-state index contributed by atoms with van der Waals surface area (Å²) in [5.41, 5.74) is 6.03. The van der Waals surface area contributed by atoms with Gasteiger partial charge in [-0.3, -0.25) is 19.2 Å². The number of aliphatic carboxylic acids is 1. The fourth-order valence-electron chi connectivity index (χ4n) is 5.93. The van der Waals surface area contributed by atoms with Gasteiger partial charge < -0.3 is 46.4 Å². The fraction of sp³-hybridized carbons (Fsp3) is 0.226. The molecule has 0 radical (unpaired) electrons. The number of halogens is 1. The molecule has 3 aliphatic heterocycles. The first kappa shape index (κ1) is 32.8. The topological polar surface area (TPSA) is 235 Å². The Morgan fingerprint density at radius 2 is 1.96 bits per heavy atom. The molecule has 49 heavy (non-hydrogen) atoms. The van der Waals surface area contributed by atoms with E-state index in [9.17, 15) is 43.8 Å². The number of aromatic hydroxyl groups is 1. The molecule has 2 saturated heterocycles. The lowest BCUT2D eigenvalue weighted by Crippen LogP contribution is -2.72. The Morgan fingerprint density at radius 1 is 1.20 bits per heavy atom. The van der Waals surface area contributed by atoms with Crippen LogP contribution in [0.3, 0.4) is 0 Å². The van der Waals surface area contributed by atoms with Gasteiger partial charge in [0.2, 0.25) is 6.54 Å². The number of carbonyl (C=O) groups is 5. The van der Waals surface area contributed by atoms with Gasteiger partial charge in [-0.25, -0.2) is 9.37 Å². The van der Waals surface area contributed by atoms with E-state index in [2.05, 4.69) is 20.8 Å². The van der Waals surface area contributed by atoms with Crippen molar-refractivity contribution >= 4 is 63.2 Å². The zero-order chi connectivity index (χ0) is 35.0. The highest BCUT2D eigenvalue weighted by Gasteiger charge is 2.52. The van der Waals surface area contributed by atoms with Crippen LogP contribution in [0.1, 0.15) is 25.0 Å². The number of nitrogens with two attached hydrogens (primary N) is 1. The Bertz CT molecular complexity index is 1990. The van der Waals surface area contributed by atoms with E-state index in [1.807, 2.05) is 0 Å². The largest absolute Gasteiger partial charge is 0.543 e. The van der Waals surface area contributed by atoms with Gasteiger partial charge in [0.15, 0.2) is 34.8 Å². The summed E-state index contributed by atoms with van der Waals surface area (Å²) in [6, 6.07) is 4.95. The SMILES string of the molecule is Nc1nc(C(=NO)C(=O)N[C@@H]2C(=O)N3C(C(=O)[O-])=C(C=C4CCN(c5cc[n+](CC(=O)Nc6ccc(O)c(F)c6)cc5)C4=O)CC[C@H]23)cs1. The summed E-state index contributed by atoms with van der Waals surface area (Å²) >= 11 is 1.02. The van der Waals surface area contributed by atoms with E-state index in [0.717, 1.165) is 28.4 Å². The average molecular weight is 691 g/mol. The van der Waals surface area contributed by atoms with Crippen molar-refractivity contribution in [2.24, 2.45) is 5.16 Å². The number of amides is 4. The number of anilines is 3. The number of carboxylic acids is 1. The van der Waals surface area contributed by atoms with E-state index in [-0.39, 0.29) is 53.1 Å². The normalized spacial score (nSPS) is 19.9. The highest BCUT2D eigenvalue weighted by atomic mass is 32.1. The highest BCUT2D eigenvalue weighted by Crippen LogP contribution is 2.38. The van der Waals surface area contributed by atoms with E-state index < -0.39 is 53.1 Å². The summed E-state index contributed by atoms with van der Waals surface area (Å²) in [5.74, 6) is -5.43. The smallest absolute Gasteiger partial charge is 0.290 e. The second kappa shape index (κ2) is 13.1. The van der Waals surface area contributed by atoms with Crippen molar-refractivity contribution in [3.63, 3.8) is 0 Å². The van der Waals surface area contributed by atoms with Crippen LogP contribution in [0.25, 0.3) is 0 Å². The van der Waals surface area contributed by atoms with Gasteiger partial charge >= 0.3 is 0 Å². The van der Waals surface area contributed by atoms with E-state index in [4.69, 9.17) is 5.73 Å². The third-order valence-electron chi connectivity index (χ3n) is 8.25. The Hall–Kier alpha value is -6.17. The van der Waals surface area contributed by atoms with Gasteiger partial charge in [-0.2, -0.15) is 4.57 Å². The van der Waals surface area contributed by atoms with Crippen LogP contribution in [0.5, 0.6) is 5.75 Å². The third kappa shape index (κ3) is 6.40. The van der Waals surface area contributed by atoms with Crippen LogP contribution in [0.2, 0.25) is 0 Å². The summed E-state index contributed by atoms with van der Waals surface area (Å²) in [6.45, 7) is 0.189. The molecule has 2 aromatic heterocycles. The zero-order valence-electron chi connectivity index (χ0n) is 25.3. The molecule has 1 aromatic carbocycles. The van der Waals surface area contributed by atoms with E-state index in [1.54, 1.807) is 29.1 Å². The van der Waals surface area contributed by atoms with Gasteiger partial charge in [-0.15, -0.1) is 11.3 Å². The number of β-lactam (4-membered cyclic amide) rings is 1. The number of aromatic nitrogens is 2. The molecule has 3 aliphatic rings. The second-order valence-corrected chi connectivity index (χ2v) is 12.2. The molecule has 2 fully saturated rings. The molecule has 6 N–H and O–H groups in total.